The Morgan fingerprint density at radius 3 is 1.91 bits per heavy atom. The van der Waals surface area contributed by atoms with Crippen molar-refractivity contribution < 1.29 is 24.1 Å². The smallest absolute Gasteiger partial charge is 0.256 e. The van der Waals surface area contributed by atoms with E-state index in [2.05, 4.69) is 139 Å². The van der Waals surface area contributed by atoms with Gasteiger partial charge < -0.3 is 40.8 Å². The van der Waals surface area contributed by atoms with Crippen LogP contribution in [-0.4, -0.2) is 123 Å². The molecular formula is C61H89N14O5P. The molecule has 0 aliphatic carbocycles. The Morgan fingerprint density at radius 2 is 1.38 bits per heavy atom. The number of aliphatic hydroxyl groups is 1. The SMILES string of the molecule is CC(C)(C)c1cnc(-n2cccc2CN)cn1.CC(C)(C)c1cncc(CC(=O)NC2CCNC2)n1.CC(C)(C)c1nccnc1CC(=O)N1CCC(O)C1.CCP(=O)(CC)Cc1ccc(C(=O)Nc2cnc(C(C)(C)C)cn2)cc1. The predicted molar refractivity (Wildman–Crippen MR) is 321 cm³/mol. The molecular weight excluding hydrogens is 1040 g/mol. The number of benzene rings is 1. The zero-order valence-electron chi connectivity index (χ0n) is 50.4. The number of nitrogens with one attached hydrogen (secondary N) is 3. The first-order valence-electron chi connectivity index (χ1n) is 28.1. The molecule has 81 heavy (non-hydrogen) atoms. The van der Waals surface area contributed by atoms with Crippen LogP contribution >= 0.6 is 7.14 Å². The lowest BCUT2D eigenvalue weighted by Gasteiger charge is -2.21. The van der Waals surface area contributed by atoms with Crippen LogP contribution in [0.2, 0.25) is 0 Å². The Bertz CT molecular complexity index is 3000. The first-order chi connectivity index (χ1) is 38.0. The summed E-state index contributed by atoms with van der Waals surface area (Å²) in [6, 6.07) is 11.5. The van der Waals surface area contributed by atoms with E-state index in [0.29, 0.717) is 62.3 Å². The highest BCUT2D eigenvalue weighted by molar-refractivity contribution is 7.63. The molecule has 2 fully saturated rings. The maximum absolute atomic E-state index is 12.6. The number of likely N-dealkylation sites (tertiary alicyclic amines) is 1. The number of nitrogens with two attached hydrogens (primary N) is 1. The first-order valence-corrected chi connectivity index (χ1v) is 30.3. The highest BCUT2D eigenvalue weighted by atomic mass is 31.2. The van der Waals surface area contributed by atoms with Crippen LogP contribution in [0.4, 0.5) is 5.82 Å². The van der Waals surface area contributed by atoms with Crippen molar-refractivity contribution in [1.29, 1.82) is 0 Å². The lowest BCUT2D eigenvalue weighted by Crippen LogP contribution is -2.37. The molecule has 0 radical (unpaired) electrons. The second kappa shape index (κ2) is 28.8. The van der Waals surface area contributed by atoms with Gasteiger partial charge in [-0.05, 0) is 61.5 Å². The molecule has 2 aliphatic heterocycles. The molecule has 1 aromatic carbocycles. The van der Waals surface area contributed by atoms with Crippen LogP contribution in [0.1, 0.15) is 166 Å². The van der Waals surface area contributed by atoms with E-state index in [-0.39, 0.29) is 57.9 Å². The minimum Gasteiger partial charge on any atom is -0.391 e. The van der Waals surface area contributed by atoms with Gasteiger partial charge in [-0.25, -0.2) is 9.97 Å². The van der Waals surface area contributed by atoms with Crippen molar-refractivity contribution in [2.24, 2.45) is 5.73 Å². The van der Waals surface area contributed by atoms with Gasteiger partial charge in [-0.1, -0.05) is 109 Å². The third-order valence-corrected chi connectivity index (χ3v) is 17.0. The number of rotatable bonds is 13. The number of hydrogen-bond acceptors (Lipinski definition) is 15. The number of nitrogens with zero attached hydrogens (tertiary/aromatic N) is 10. The highest BCUT2D eigenvalue weighted by Crippen LogP contribution is 2.48. The molecule has 2 saturated heterocycles. The van der Waals surface area contributed by atoms with Gasteiger partial charge in [-0.15, -0.1) is 0 Å². The zero-order valence-corrected chi connectivity index (χ0v) is 51.3. The molecule has 438 valence electrons. The van der Waals surface area contributed by atoms with Crippen molar-refractivity contribution in [2.75, 3.05) is 43.8 Å². The first kappa shape index (κ1) is 65.2. The molecule has 7 heterocycles. The van der Waals surface area contributed by atoms with E-state index < -0.39 is 7.14 Å². The predicted octanol–water partition coefficient (Wildman–Crippen LogP) is 8.66. The molecule has 2 unspecified atom stereocenters. The minimum atomic E-state index is -2.13. The van der Waals surface area contributed by atoms with Crippen LogP contribution in [0.15, 0.2) is 92.2 Å². The van der Waals surface area contributed by atoms with Crippen molar-refractivity contribution in [2.45, 2.75) is 169 Å². The van der Waals surface area contributed by atoms with Crippen LogP contribution in [0.5, 0.6) is 0 Å². The van der Waals surface area contributed by atoms with E-state index in [1.807, 2.05) is 55.1 Å². The molecule has 3 amide bonds. The molecule has 2 aliphatic rings. The number of aliphatic hydroxyl groups excluding tert-OH is 1. The largest absolute Gasteiger partial charge is 0.391 e. The van der Waals surface area contributed by atoms with Crippen molar-refractivity contribution in [3.63, 3.8) is 0 Å². The summed E-state index contributed by atoms with van der Waals surface area (Å²) in [6.07, 6.45) is 19.4. The van der Waals surface area contributed by atoms with E-state index in [1.165, 1.54) is 0 Å². The summed E-state index contributed by atoms with van der Waals surface area (Å²) < 4.78 is 14.5. The van der Waals surface area contributed by atoms with Crippen molar-refractivity contribution >= 4 is 30.7 Å². The van der Waals surface area contributed by atoms with E-state index in [1.54, 1.807) is 60.4 Å². The third kappa shape index (κ3) is 20.4. The Balaban J connectivity index is 0.000000201. The molecule has 0 saturated carbocycles. The molecule has 6 N–H and O–H groups in total. The van der Waals surface area contributed by atoms with Crippen LogP contribution in [0, 0.1) is 0 Å². The Hall–Kier alpha value is -6.66. The quantitative estimate of drug-likeness (QED) is 0.0678. The molecule has 0 spiro atoms. The molecule has 6 aromatic rings. The summed E-state index contributed by atoms with van der Waals surface area (Å²) in [5.74, 6) is 1.04. The molecule has 5 aromatic heterocycles. The van der Waals surface area contributed by atoms with E-state index in [9.17, 15) is 24.1 Å². The molecule has 0 bridgehead atoms. The summed E-state index contributed by atoms with van der Waals surface area (Å²) >= 11 is 0. The number of β-amino-alcohol motifs (C(OH)–C–C–N with tert-alkyl or cyclic N) is 1. The van der Waals surface area contributed by atoms with E-state index in [0.717, 1.165) is 70.7 Å². The summed E-state index contributed by atoms with van der Waals surface area (Å²) in [5.41, 5.74) is 13.1. The Kier molecular flexibility index (Phi) is 23.2. The van der Waals surface area contributed by atoms with Gasteiger partial charge in [0.1, 0.15) is 0 Å². The molecule has 20 heteroatoms. The van der Waals surface area contributed by atoms with Crippen molar-refractivity contribution in [3.8, 4) is 5.82 Å². The topological polar surface area (TPSA) is 262 Å². The number of carbonyl (C=O) groups excluding carboxylic acids is 3. The van der Waals surface area contributed by atoms with Gasteiger partial charge in [0, 0.05) is 102 Å². The van der Waals surface area contributed by atoms with Gasteiger partial charge in [0.15, 0.2) is 11.6 Å². The summed E-state index contributed by atoms with van der Waals surface area (Å²) in [4.78, 5) is 73.1. The fraction of sp³-hybridized carbons (Fsp3) is 0.525. The Morgan fingerprint density at radius 1 is 0.741 bits per heavy atom. The lowest BCUT2D eigenvalue weighted by atomic mass is 9.89. The minimum absolute atomic E-state index is 0.0163. The van der Waals surface area contributed by atoms with Crippen LogP contribution in [0.3, 0.4) is 0 Å². The van der Waals surface area contributed by atoms with Gasteiger partial charge in [0.25, 0.3) is 5.91 Å². The monoisotopic (exact) mass is 1130 g/mol. The number of hydrogen-bond donors (Lipinski definition) is 5. The number of carbonyl (C=O) groups is 3. The van der Waals surface area contributed by atoms with Gasteiger partial charge in [0.2, 0.25) is 11.8 Å². The summed E-state index contributed by atoms with van der Waals surface area (Å²) in [7, 11) is -2.13. The average Bonchev–Trinajstić information content (AvgIpc) is 4.23. The van der Waals surface area contributed by atoms with Gasteiger partial charge in [-0.3, -0.25) is 44.3 Å². The van der Waals surface area contributed by atoms with Crippen LogP contribution < -0.4 is 21.7 Å². The van der Waals surface area contributed by atoms with Crippen LogP contribution in [-0.2, 0) is 61.4 Å². The average molecular weight is 1130 g/mol. The maximum atomic E-state index is 12.6. The lowest BCUT2D eigenvalue weighted by molar-refractivity contribution is -0.129. The van der Waals surface area contributed by atoms with Gasteiger partial charge in [0.05, 0.1) is 85.0 Å². The summed E-state index contributed by atoms with van der Waals surface area (Å²) in [5, 5.41) is 18.5. The van der Waals surface area contributed by atoms with Crippen LogP contribution in [0.25, 0.3) is 5.82 Å². The second-order valence-electron chi connectivity index (χ2n) is 24.8. The number of anilines is 1. The number of aromatic nitrogens is 9. The van der Waals surface area contributed by atoms with E-state index in [4.69, 9.17) is 5.73 Å². The normalized spacial score (nSPS) is 15.5. The maximum Gasteiger partial charge on any atom is 0.256 e. The fourth-order valence-corrected chi connectivity index (χ4v) is 10.3. The van der Waals surface area contributed by atoms with Crippen molar-refractivity contribution in [3.05, 3.63) is 143 Å². The fourth-order valence-electron chi connectivity index (χ4n) is 8.57. The highest BCUT2D eigenvalue weighted by Gasteiger charge is 2.28. The van der Waals surface area contributed by atoms with Crippen molar-refractivity contribution in [1.82, 2.24) is 60.0 Å². The molecule has 19 nitrogen and oxygen atoms in total. The standard InChI is InChI=1S/C20H28N3O2P.C14H22N4O.C14H21N3O2.C13H18N4/c1-6-26(25,7-2)14-15-8-10-16(11-9-15)19(24)23-18-13-21-17(12-22-18)20(3,4)5;1-14(2,3)12-9-16-8-11(17-12)6-13(19)18-10-4-5-15-7-10;1-14(2,3)13-11(15-5-6-16-13)8-12(19)17-7-4-10(18)9-17;1-13(2,3)11-8-16-12(9-15-11)17-6-4-5-10(17)7-14/h8-13H,6-7,14H2,1-5H3,(H,22,23,24);8-10,15H,4-7H2,1-3H3,(H,18,19);5-6,10,18H,4,7-9H2,1-3H3;4-6,8-9H,7,14H2,1-3H3. The zero-order chi connectivity index (χ0) is 59.8. The number of amides is 3. The third-order valence-electron chi connectivity index (χ3n) is 13.7. The second-order valence-corrected chi connectivity index (χ2v) is 28.5. The Labute approximate surface area is 480 Å². The molecule has 2 atom stereocenters. The van der Waals surface area contributed by atoms with E-state index >= 15 is 0 Å². The van der Waals surface area contributed by atoms with Gasteiger partial charge >= 0.3 is 0 Å². The van der Waals surface area contributed by atoms with Gasteiger partial charge in [-0.2, -0.15) is 0 Å². The molecule has 8 rings (SSSR count). The summed E-state index contributed by atoms with van der Waals surface area (Å²) in [6.45, 7) is 32.3.